The summed E-state index contributed by atoms with van der Waals surface area (Å²) in [6.45, 7) is 9.57. The number of ether oxygens (including phenoxy) is 2. The molecule has 1 aliphatic heterocycles. The first-order chi connectivity index (χ1) is 17.5. The number of benzene rings is 2. The van der Waals surface area contributed by atoms with Gasteiger partial charge in [-0.2, -0.15) is 10.5 Å². The van der Waals surface area contributed by atoms with E-state index in [4.69, 9.17) is 20.0 Å². The summed E-state index contributed by atoms with van der Waals surface area (Å²) >= 11 is 0. The molecule has 0 spiro atoms. The molecule has 8 heteroatoms. The van der Waals surface area contributed by atoms with Gasteiger partial charge in [0.1, 0.15) is 23.7 Å². The molecule has 190 valence electrons. The molecule has 2 aromatic carbocycles. The fraction of sp³-hybridized carbons (Fsp3) is 0.345. The largest absolute Gasteiger partial charge is 0.491 e. The molecular formula is C29H30N4O4. The van der Waals surface area contributed by atoms with Gasteiger partial charge in [0, 0.05) is 29.8 Å². The SMILES string of the molecule is CC1C(OCc2cccc(C#N)c2)=C(C=O)N=CC1(C)CN(C(=O)OC(C)(C)C)c1ccc(C#N)cc1. The standard InChI is InChI=1S/C29H30N4O4/c1-20-26(36-17-23-8-6-7-22(13-23)15-31)25(16-34)32-18-29(20,5)19-33(27(35)37-28(2,3)4)24-11-9-21(14-30)10-12-24/h6-13,16,18,20H,17,19H2,1-5H3. The van der Waals surface area contributed by atoms with Crippen LogP contribution < -0.4 is 4.90 Å². The van der Waals surface area contributed by atoms with Gasteiger partial charge in [0.15, 0.2) is 6.29 Å². The van der Waals surface area contributed by atoms with Crippen molar-refractivity contribution in [2.24, 2.45) is 16.3 Å². The van der Waals surface area contributed by atoms with Crippen LogP contribution in [0.2, 0.25) is 0 Å². The van der Waals surface area contributed by atoms with Gasteiger partial charge in [-0.3, -0.25) is 14.7 Å². The van der Waals surface area contributed by atoms with Crippen LogP contribution in [0.25, 0.3) is 0 Å². The van der Waals surface area contributed by atoms with Gasteiger partial charge in [-0.1, -0.05) is 26.0 Å². The lowest BCUT2D eigenvalue weighted by molar-refractivity contribution is -0.105. The fourth-order valence-corrected chi connectivity index (χ4v) is 3.91. The summed E-state index contributed by atoms with van der Waals surface area (Å²) in [5, 5.41) is 18.3. The molecule has 8 nitrogen and oxygen atoms in total. The number of amides is 1. The molecule has 2 aromatic rings. The lowest BCUT2D eigenvalue weighted by Crippen LogP contribution is -2.47. The fourth-order valence-electron chi connectivity index (χ4n) is 3.91. The second-order valence-corrected chi connectivity index (χ2v) is 10.2. The number of nitriles is 2. The maximum Gasteiger partial charge on any atom is 0.414 e. The van der Waals surface area contributed by atoms with Gasteiger partial charge in [0.25, 0.3) is 0 Å². The van der Waals surface area contributed by atoms with Crippen LogP contribution in [0.4, 0.5) is 10.5 Å². The van der Waals surface area contributed by atoms with Crippen LogP contribution in [0, 0.1) is 34.0 Å². The number of rotatable bonds is 7. The molecule has 2 atom stereocenters. The Labute approximate surface area is 217 Å². The highest BCUT2D eigenvalue weighted by Crippen LogP contribution is 2.39. The van der Waals surface area contributed by atoms with Crippen molar-refractivity contribution in [1.29, 1.82) is 10.5 Å². The van der Waals surface area contributed by atoms with Crippen LogP contribution in [0.1, 0.15) is 51.3 Å². The summed E-state index contributed by atoms with van der Waals surface area (Å²) in [6, 6.07) is 17.9. The molecule has 0 saturated heterocycles. The lowest BCUT2D eigenvalue weighted by Gasteiger charge is -2.40. The summed E-state index contributed by atoms with van der Waals surface area (Å²) in [5.41, 5.74) is 1.09. The van der Waals surface area contributed by atoms with Crippen molar-refractivity contribution in [3.05, 3.63) is 76.7 Å². The van der Waals surface area contributed by atoms with Crippen molar-refractivity contribution in [1.82, 2.24) is 0 Å². The van der Waals surface area contributed by atoms with Gasteiger partial charge in [0.2, 0.25) is 0 Å². The maximum absolute atomic E-state index is 13.3. The smallest absolute Gasteiger partial charge is 0.414 e. The number of aliphatic imine (C=N–C) groups is 1. The molecule has 0 fully saturated rings. The molecule has 1 amide bonds. The molecule has 2 unspecified atom stereocenters. The van der Waals surface area contributed by atoms with Crippen LogP contribution in [-0.2, 0) is 20.9 Å². The number of aldehydes is 1. The molecule has 3 rings (SSSR count). The highest BCUT2D eigenvalue weighted by Gasteiger charge is 2.41. The summed E-state index contributed by atoms with van der Waals surface area (Å²) in [7, 11) is 0. The highest BCUT2D eigenvalue weighted by molar-refractivity contribution is 5.90. The van der Waals surface area contributed by atoms with Gasteiger partial charge < -0.3 is 9.47 Å². The molecule has 0 saturated carbocycles. The number of carbonyl (C=O) groups excluding carboxylic acids is 2. The average Bonchev–Trinajstić information content (AvgIpc) is 2.87. The van der Waals surface area contributed by atoms with E-state index in [0.717, 1.165) is 5.56 Å². The predicted molar refractivity (Wildman–Crippen MR) is 140 cm³/mol. The Hall–Kier alpha value is -4.43. The zero-order valence-electron chi connectivity index (χ0n) is 21.7. The Morgan fingerprint density at radius 1 is 1.14 bits per heavy atom. The normalized spacial score (nSPS) is 18.9. The molecule has 0 radical (unpaired) electrons. The quantitative estimate of drug-likeness (QED) is 0.464. The second kappa shape index (κ2) is 11.1. The predicted octanol–water partition coefficient (Wildman–Crippen LogP) is 5.53. The Kier molecular flexibility index (Phi) is 8.14. The molecule has 0 bridgehead atoms. The Morgan fingerprint density at radius 2 is 1.81 bits per heavy atom. The summed E-state index contributed by atoms with van der Waals surface area (Å²) in [6.07, 6.45) is 1.78. The topological polar surface area (TPSA) is 116 Å². The third kappa shape index (κ3) is 6.62. The minimum atomic E-state index is -0.721. The van der Waals surface area contributed by atoms with Crippen molar-refractivity contribution >= 4 is 24.3 Å². The summed E-state index contributed by atoms with van der Waals surface area (Å²) in [4.78, 5) is 31.0. The zero-order valence-corrected chi connectivity index (χ0v) is 21.7. The van der Waals surface area contributed by atoms with E-state index >= 15 is 0 Å². The van der Waals surface area contributed by atoms with Gasteiger partial charge in [0.05, 0.1) is 23.3 Å². The number of allylic oxidation sites excluding steroid dienone is 2. The molecule has 1 heterocycles. The molecule has 0 N–H and O–H groups in total. The van der Waals surface area contributed by atoms with E-state index in [1.165, 1.54) is 4.90 Å². The minimum absolute atomic E-state index is 0.156. The lowest BCUT2D eigenvalue weighted by atomic mass is 9.75. The third-order valence-corrected chi connectivity index (χ3v) is 6.12. The number of carbonyl (C=O) groups is 2. The average molecular weight is 499 g/mol. The molecule has 0 aromatic heterocycles. The van der Waals surface area contributed by atoms with E-state index in [-0.39, 0.29) is 24.8 Å². The van der Waals surface area contributed by atoms with Crippen molar-refractivity contribution < 1.29 is 19.1 Å². The van der Waals surface area contributed by atoms with E-state index in [2.05, 4.69) is 17.1 Å². The highest BCUT2D eigenvalue weighted by atomic mass is 16.6. The summed E-state index contributed by atoms with van der Waals surface area (Å²) in [5.74, 6) is 0.0824. The van der Waals surface area contributed by atoms with Crippen LogP contribution in [0.5, 0.6) is 0 Å². The van der Waals surface area contributed by atoms with Crippen LogP contribution in [0.3, 0.4) is 0 Å². The first-order valence-electron chi connectivity index (χ1n) is 11.9. The molecule has 1 aliphatic rings. The third-order valence-electron chi connectivity index (χ3n) is 6.12. The van der Waals surface area contributed by atoms with Gasteiger partial charge in [-0.25, -0.2) is 4.79 Å². The number of hydrogen-bond acceptors (Lipinski definition) is 7. The van der Waals surface area contributed by atoms with E-state index in [0.29, 0.717) is 28.9 Å². The number of anilines is 1. The van der Waals surface area contributed by atoms with Crippen molar-refractivity contribution in [3.8, 4) is 12.1 Å². The Morgan fingerprint density at radius 3 is 2.41 bits per heavy atom. The van der Waals surface area contributed by atoms with Gasteiger partial charge in [-0.05, 0) is 62.7 Å². The van der Waals surface area contributed by atoms with E-state index in [1.54, 1.807) is 69.5 Å². The van der Waals surface area contributed by atoms with E-state index in [9.17, 15) is 9.59 Å². The Bertz CT molecular complexity index is 1310. The Balaban J connectivity index is 1.91. The first kappa shape index (κ1) is 27.2. The first-order valence-corrected chi connectivity index (χ1v) is 11.9. The molecule has 37 heavy (non-hydrogen) atoms. The zero-order chi connectivity index (χ0) is 27.2. The van der Waals surface area contributed by atoms with Gasteiger partial charge >= 0.3 is 6.09 Å². The number of hydrogen-bond donors (Lipinski definition) is 0. The number of nitrogens with zero attached hydrogens (tertiary/aromatic N) is 4. The van der Waals surface area contributed by atoms with Crippen LogP contribution in [0.15, 0.2) is 65.0 Å². The van der Waals surface area contributed by atoms with E-state index < -0.39 is 17.1 Å². The van der Waals surface area contributed by atoms with Crippen LogP contribution >= 0.6 is 0 Å². The minimum Gasteiger partial charge on any atom is -0.491 e. The van der Waals surface area contributed by atoms with Crippen molar-refractivity contribution in [2.75, 3.05) is 11.4 Å². The molecular weight excluding hydrogens is 468 g/mol. The van der Waals surface area contributed by atoms with Gasteiger partial charge in [-0.15, -0.1) is 0 Å². The van der Waals surface area contributed by atoms with E-state index in [1.807, 2.05) is 19.9 Å². The van der Waals surface area contributed by atoms with Crippen LogP contribution in [-0.4, -0.2) is 30.7 Å². The maximum atomic E-state index is 13.3. The second-order valence-electron chi connectivity index (χ2n) is 10.2. The summed E-state index contributed by atoms with van der Waals surface area (Å²) < 4.78 is 11.8. The molecule has 0 aliphatic carbocycles. The van der Waals surface area contributed by atoms with Crippen molar-refractivity contribution in [2.45, 2.75) is 46.8 Å². The monoisotopic (exact) mass is 498 g/mol. The van der Waals surface area contributed by atoms with Crippen molar-refractivity contribution in [3.63, 3.8) is 0 Å².